The number of benzene rings is 1. The van der Waals surface area contributed by atoms with Gasteiger partial charge in [-0.15, -0.1) is 10.2 Å². The van der Waals surface area contributed by atoms with Crippen molar-refractivity contribution in [3.05, 3.63) is 46.8 Å². The van der Waals surface area contributed by atoms with Crippen LogP contribution in [0.5, 0.6) is 0 Å². The lowest BCUT2D eigenvalue weighted by Crippen LogP contribution is -2.21. The maximum absolute atomic E-state index is 10.7. The van der Waals surface area contributed by atoms with Crippen LogP contribution >= 0.6 is 11.8 Å². The fourth-order valence-corrected chi connectivity index (χ4v) is 3.51. The second-order valence-corrected chi connectivity index (χ2v) is 6.76. The molecule has 2 heterocycles. The normalized spacial score (nSPS) is 10.9. The van der Waals surface area contributed by atoms with Crippen LogP contribution in [0.3, 0.4) is 0 Å². The molecule has 0 N–H and O–H groups in total. The summed E-state index contributed by atoms with van der Waals surface area (Å²) in [4.78, 5) is 12.5. The topological polar surface area (TPSA) is 94.9 Å². The highest BCUT2D eigenvalue weighted by Gasteiger charge is 2.13. The van der Waals surface area contributed by atoms with E-state index in [2.05, 4.69) is 46.2 Å². The van der Waals surface area contributed by atoms with E-state index < -0.39 is 4.92 Å². The predicted molar refractivity (Wildman–Crippen MR) is 105 cm³/mol. The quantitative estimate of drug-likeness (QED) is 0.333. The van der Waals surface area contributed by atoms with Crippen LogP contribution < -0.4 is 4.90 Å². The highest BCUT2D eigenvalue weighted by Crippen LogP contribution is 2.26. The lowest BCUT2D eigenvalue weighted by atomic mass is 10.2. The van der Waals surface area contributed by atoms with Crippen LogP contribution in [-0.2, 0) is 12.9 Å². The van der Waals surface area contributed by atoms with E-state index in [9.17, 15) is 10.1 Å². The number of anilines is 1. The average Bonchev–Trinajstić information content (AvgIpc) is 3.29. The summed E-state index contributed by atoms with van der Waals surface area (Å²) in [6.07, 6.45) is 2.64. The molecule has 0 aliphatic carbocycles. The minimum Gasteiger partial charge on any atom is -0.372 e. The van der Waals surface area contributed by atoms with Gasteiger partial charge in [-0.3, -0.25) is 14.8 Å². The van der Waals surface area contributed by atoms with Crippen LogP contribution in [-0.4, -0.2) is 42.6 Å². The number of hydrogen-bond donors (Lipinski definition) is 0. The van der Waals surface area contributed by atoms with Crippen LogP contribution in [0.25, 0.3) is 11.4 Å². The fraction of sp³-hybridized carbons (Fsp3) is 0.353. The second kappa shape index (κ2) is 8.21. The molecule has 142 valence electrons. The van der Waals surface area contributed by atoms with E-state index in [1.165, 1.54) is 34.5 Å². The molecule has 0 unspecified atom stereocenters. The van der Waals surface area contributed by atoms with Gasteiger partial charge >= 0.3 is 5.69 Å². The Labute approximate surface area is 161 Å². The monoisotopic (exact) mass is 387 g/mol. The van der Waals surface area contributed by atoms with Crippen molar-refractivity contribution in [3.8, 4) is 11.4 Å². The molecule has 0 saturated carbocycles. The molecule has 0 atom stereocenters. The first-order valence-electron chi connectivity index (χ1n) is 8.57. The van der Waals surface area contributed by atoms with Crippen LogP contribution in [0.4, 0.5) is 11.4 Å². The first-order chi connectivity index (χ1) is 13.0. The summed E-state index contributed by atoms with van der Waals surface area (Å²) in [5.74, 6) is 1.19. The van der Waals surface area contributed by atoms with Gasteiger partial charge < -0.3 is 9.47 Å². The number of hydrogen-bond acceptors (Lipinski definition) is 7. The predicted octanol–water partition coefficient (Wildman–Crippen LogP) is 3.18. The SMILES string of the molecule is CCN(CC)c1ccc(-c2nnc(SCn3cc([N+](=O)[O-])cn3)n2C)cc1. The third-order valence-electron chi connectivity index (χ3n) is 4.25. The summed E-state index contributed by atoms with van der Waals surface area (Å²) in [7, 11) is 1.90. The molecule has 27 heavy (non-hydrogen) atoms. The Morgan fingerprint density at radius 3 is 2.48 bits per heavy atom. The van der Waals surface area contributed by atoms with Crippen LogP contribution in [0.1, 0.15) is 13.8 Å². The van der Waals surface area contributed by atoms with Gasteiger partial charge in [-0.05, 0) is 38.1 Å². The lowest BCUT2D eigenvalue weighted by molar-refractivity contribution is -0.385. The van der Waals surface area contributed by atoms with Gasteiger partial charge in [0.2, 0.25) is 0 Å². The van der Waals surface area contributed by atoms with Gasteiger partial charge in [0.05, 0.1) is 10.8 Å². The number of nitrogens with zero attached hydrogens (tertiary/aromatic N) is 7. The Morgan fingerprint density at radius 2 is 1.89 bits per heavy atom. The zero-order chi connectivity index (χ0) is 19.4. The van der Waals surface area contributed by atoms with Crippen molar-refractivity contribution in [2.45, 2.75) is 24.9 Å². The highest BCUT2D eigenvalue weighted by atomic mass is 32.2. The van der Waals surface area contributed by atoms with Gasteiger partial charge in [-0.1, -0.05) is 11.8 Å². The van der Waals surface area contributed by atoms with Gasteiger partial charge in [-0.25, -0.2) is 0 Å². The van der Waals surface area contributed by atoms with Gasteiger partial charge in [0.1, 0.15) is 12.4 Å². The van der Waals surface area contributed by atoms with Gasteiger partial charge in [0.25, 0.3) is 0 Å². The number of rotatable bonds is 8. The molecule has 3 aromatic rings. The van der Waals surface area contributed by atoms with Crippen LogP contribution in [0, 0.1) is 10.1 Å². The van der Waals surface area contributed by atoms with Crippen molar-refractivity contribution in [1.29, 1.82) is 0 Å². The third-order valence-corrected chi connectivity index (χ3v) is 5.25. The van der Waals surface area contributed by atoms with Crippen molar-refractivity contribution in [2.24, 2.45) is 7.05 Å². The molecule has 0 radical (unpaired) electrons. The Hall–Kier alpha value is -2.88. The summed E-state index contributed by atoms with van der Waals surface area (Å²) >= 11 is 1.41. The van der Waals surface area contributed by atoms with E-state index in [0.717, 1.165) is 29.6 Å². The summed E-state index contributed by atoms with van der Waals surface area (Å²) in [6, 6.07) is 8.27. The van der Waals surface area contributed by atoms with Gasteiger partial charge in [0.15, 0.2) is 11.0 Å². The highest BCUT2D eigenvalue weighted by molar-refractivity contribution is 7.98. The van der Waals surface area contributed by atoms with Crippen molar-refractivity contribution < 1.29 is 4.92 Å². The standard InChI is InChI=1S/C17H21N7O2S/c1-4-22(5-2)14-8-6-13(7-9-14)16-19-20-17(21(16)3)27-12-23-11-15(10-18-23)24(25)26/h6-11H,4-5,12H2,1-3H3. The summed E-state index contributed by atoms with van der Waals surface area (Å²) in [5, 5.41) is 23.9. The fourth-order valence-electron chi connectivity index (χ4n) is 2.74. The molecule has 3 rings (SSSR count). The largest absolute Gasteiger partial charge is 0.372 e. The maximum atomic E-state index is 10.7. The molecule has 0 aliphatic rings. The molecule has 0 spiro atoms. The second-order valence-electron chi connectivity index (χ2n) is 5.85. The molecule has 9 nitrogen and oxygen atoms in total. The molecule has 0 amide bonds. The van der Waals surface area contributed by atoms with Crippen molar-refractivity contribution in [3.63, 3.8) is 0 Å². The number of aromatic nitrogens is 5. The summed E-state index contributed by atoms with van der Waals surface area (Å²) in [5.41, 5.74) is 2.14. The van der Waals surface area contributed by atoms with Crippen molar-refractivity contribution >= 4 is 23.1 Å². The minimum absolute atomic E-state index is 0.0254. The first kappa shape index (κ1) is 18.9. The Balaban J connectivity index is 1.71. The third kappa shape index (κ3) is 4.11. The summed E-state index contributed by atoms with van der Waals surface area (Å²) in [6.45, 7) is 6.20. The zero-order valence-corrected chi connectivity index (χ0v) is 16.3. The molecule has 1 aromatic carbocycles. The van der Waals surface area contributed by atoms with E-state index in [1.807, 2.05) is 23.7 Å². The van der Waals surface area contributed by atoms with Crippen LogP contribution in [0.2, 0.25) is 0 Å². The Bertz CT molecular complexity index is 916. The van der Waals surface area contributed by atoms with E-state index in [-0.39, 0.29) is 5.69 Å². The van der Waals surface area contributed by atoms with Gasteiger partial charge in [-0.2, -0.15) is 5.10 Å². The number of thioether (sulfide) groups is 1. The minimum atomic E-state index is -0.462. The molecule has 0 aliphatic heterocycles. The van der Waals surface area contributed by atoms with Crippen LogP contribution in [0.15, 0.2) is 41.8 Å². The molecule has 0 fully saturated rings. The average molecular weight is 387 g/mol. The van der Waals surface area contributed by atoms with Crippen molar-refractivity contribution in [1.82, 2.24) is 24.5 Å². The van der Waals surface area contributed by atoms with E-state index in [1.54, 1.807) is 0 Å². The Morgan fingerprint density at radius 1 is 1.19 bits per heavy atom. The first-order valence-corrected chi connectivity index (χ1v) is 9.56. The molecular formula is C17H21N7O2S. The van der Waals surface area contributed by atoms with E-state index in [0.29, 0.717) is 5.88 Å². The molecule has 0 saturated heterocycles. The smallest absolute Gasteiger partial charge is 0.307 e. The van der Waals surface area contributed by atoms with E-state index >= 15 is 0 Å². The molecule has 2 aromatic heterocycles. The molecular weight excluding hydrogens is 366 g/mol. The molecule has 10 heteroatoms. The zero-order valence-electron chi connectivity index (χ0n) is 15.4. The summed E-state index contributed by atoms with van der Waals surface area (Å²) < 4.78 is 3.42. The maximum Gasteiger partial charge on any atom is 0.307 e. The van der Waals surface area contributed by atoms with Gasteiger partial charge in [0, 0.05) is 31.4 Å². The number of nitro groups is 1. The molecule has 0 bridgehead atoms. The Kier molecular flexibility index (Phi) is 5.75. The van der Waals surface area contributed by atoms with Crippen molar-refractivity contribution in [2.75, 3.05) is 18.0 Å². The van der Waals surface area contributed by atoms with E-state index in [4.69, 9.17) is 0 Å². The lowest BCUT2D eigenvalue weighted by Gasteiger charge is -2.21.